The van der Waals surface area contributed by atoms with Crippen LogP contribution in [0.4, 0.5) is 0 Å². The van der Waals surface area contributed by atoms with Crippen LogP contribution < -0.4 is 5.32 Å². The van der Waals surface area contributed by atoms with E-state index in [4.69, 9.17) is 0 Å². The summed E-state index contributed by atoms with van der Waals surface area (Å²) in [7, 11) is -3.68. The van der Waals surface area contributed by atoms with E-state index >= 15 is 0 Å². The number of aliphatic hydroxyl groups is 1. The summed E-state index contributed by atoms with van der Waals surface area (Å²) in [6, 6.07) is 17.2. The predicted octanol–water partition coefficient (Wildman–Crippen LogP) is 1.36. The van der Waals surface area contributed by atoms with E-state index in [9.17, 15) is 18.3 Å². The van der Waals surface area contributed by atoms with Gasteiger partial charge in [-0.1, -0.05) is 48.5 Å². The van der Waals surface area contributed by atoms with Crippen molar-refractivity contribution in [2.24, 2.45) is 0 Å². The molecule has 1 amide bonds. The van der Waals surface area contributed by atoms with E-state index in [1.165, 1.54) is 0 Å². The third kappa shape index (κ3) is 6.66. The van der Waals surface area contributed by atoms with Gasteiger partial charge in [-0.05, 0) is 24.1 Å². The molecular weight excluding hydrogens is 342 g/mol. The second-order valence-corrected chi connectivity index (χ2v) is 7.34. The molecule has 2 rings (SSSR count). The number of nitrogens with one attached hydrogen (secondary N) is 1. The molecule has 0 aliphatic heterocycles. The van der Waals surface area contributed by atoms with Crippen molar-refractivity contribution in [1.82, 2.24) is 5.32 Å². The Morgan fingerprint density at radius 2 is 1.64 bits per heavy atom. The number of rotatable bonds is 8. The Labute approximate surface area is 147 Å². The predicted molar refractivity (Wildman–Crippen MR) is 94.6 cm³/mol. The Morgan fingerprint density at radius 1 is 1.08 bits per heavy atom. The second-order valence-electron chi connectivity index (χ2n) is 5.69. The molecule has 0 fully saturated rings. The molecule has 2 aromatic carbocycles. The lowest BCUT2D eigenvalue weighted by Gasteiger charge is -2.24. The van der Waals surface area contributed by atoms with Crippen LogP contribution >= 0.6 is 0 Å². The summed E-state index contributed by atoms with van der Waals surface area (Å²) in [5, 5.41) is 13.1. The Balaban J connectivity index is 2.12. The molecule has 0 aliphatic rings. The van der Waals surface area contributed by atoms with Gasteiger partial charge in [0, 0.05) is 5.56 Å². The van der Waals surface area contributed by atoms with Crippen molar-refractivity contribution in [3.05, 3.63) is 71.8 Å². The van der Waals surface area contributed by atoms with Crippen LogP contribution in [0, 0.1) is 0 Å². The maximum Gasteiger partial charge on any atom is 0.264 e. The van der Waals surface area contributed by atoms with Crippen LogP contribution in [0.15, 0.2) is 60.7 Å². The van der Waals surface area contributed by atoms with E-state index in [-0.39, 0.29) is 5.91 Å². The SMILES string of the molecule is CS(=O)(=O)OC[C@H](O)[C@H](Cc1ccccc1)NC(=O)c1ccccc1. The number of amides is 1. The van der Waals surface area contributed by atoms with E-state index in [0.29, 0.717) is 12.0 Å². The van der Waals surface area contributed by atoms with Gasteiger partial charge in [0.05, 0.1) is 25.0 Å². The fraction of sp³-hybridized carbons (Fsp3) is 0.278. The highest BCUT2D eigenvalue weighted by Gasteiger charge is 2.24. The molecule has 0 radical (unpaired) electrons. The average Bonchev–Trinajstić information content (AvgIpc) is 2.60. The van der Waals surface area contributed by atoms with Crippen molar-refractivity contribution < 1.29 is 22.5 Å². The molecule has 2 atom stereocenters. The van der Waals surface area contributed by atoms with E-state index in [1.807, 2.05) is 30.3 Å². The van der Waals surface area contributed by atoms with Gasteiger partial charge in [0.15, 0.2) is 0 Å². The van der Waals surface area contributed by atoms with Crippen LogP contribution in [0.2, 0.25) is 0 Å². The van der Waals surface area contributed by atoms with Gasteiger partial charge in [0.1, 0.15) is 0 Å². The Kier molecular flexibility index (Phi) is 6.69. The van der Waals surface area contributed by atoms with Gasteiger partial charge >= 0.3 is 0 Å². The normalized spacial score (nSPS) is 13.8. The highest BCUT2D eigenvalue weighted by atomic mass is 32.2. The number of aliphatic hydroxyl groups excluding tert-OH is 1. The number of benzene rings is 2. The molecule has 0 aliphatic carbocycles. The summed E-state index contributed by atoms with van der Waals surface area (Å²) in [6.45, 7) is -0.425. The molecule has 2 N–H and O–H groups in total. The summed E-state index contributed by atoms with van der Waals surface area (Å²) in [5.74, 6) is -0.347. The van der Waals surface area contributed by atoms with Crippen molar-refractivity contribution in [1.29, 1.82) is 0 Å². The minimum absolute atomic E-state index is 0.341. The van der Waals surface area contributed by atoms with E-state index in [1.54, 1.807) is 30.3 Å². The summed E-state index contributed by atoms with van der Waals surface area (Å²) in [4.78, 5) is 12.4. The fourth-order valence-electron chi connectivity index (χ4n) is 2.30. The smallest absolute Gasteiger partial charge is 0.264 e. The third-order valence-electron chi connectivity index (χ3n) is 3.57. The first-order valence-corrected chi connectivity index (χ1v) is 9.59. The Hall–Kier alpha value is -2.22. The topological polar surface area (TPSA) is 92.7 Å². The molecule has 6 nitrogen and oxygen atoms in total. The molecule has 0 saturated heterocycles. The van der Waals surface area contributed by atoms with Crippen molar-refractivity contribution in [3.8, 4) is 0 Å². The maximum atomic E-state index is 12.4. The molecule has 0 bridgehead atoms. The minimum atomic E-state index is -3.68. The van der Waals surface area contributed by atoms with Crippen molar-refractivity contribution in [2.75, 3.05) is 12.9 Å². The highest BCUT2D eigenvalue weighted by molar-refractivity contribution is 7.85. The van der Waals surface area contributed by atoms with Gasteiger partial charge in [-0.3, -0.25) is 8.98 Å². The number of carbonyl (C=O) groups is 1. The standard InChI is InChI=1S/C18H21NO5S/c1-25(22,23)24-13-17(20)16(12-14-8-4-2-5-9-14)19-18(21)15-10-6-3-7-11-15/h2-11,16-17,20H,12-13H2,1H3,(H,19,21)/t16-,17-/m0/s1. The van der Waals surface area contributed by atoms with E-state index < -0.39 is 28.9 Å². The van der Waals surface area contributed by atoms with Gasteiger partial charge in [-0.15, -0.1) is 0 Å². The molecule has 0 heterocycles. The lowest BCUT2D eigenvalue weighted by Crippen LogP contribution is -2.47. The van der Waals surface area contributed by atoms with Crippen LogP contribution in [0.25, 0.3) is 0 Å². The van der Waals surface area contributed by atoms with Crippen molar-refractivity contribution >= 4 is 16.0 Å². The molecule has 25 heavy (non-hydrogen) atoms. The van der Waals surface area contributed by atoms with Crippen LogP contribution in [-0.4, -0.2) is 44.4 Å². The molecule has 7 heteroatoms. The largest absolute Gasteiger partial charge is 0.389 e. The Bertz CT molecular complexity index is 778. The molecule has 134 valence electrons. The van der Waals surface area contributed by atoms with Crippen LogP contribution in [0.1, 0.15) is 15.9 Å². The first-order valence-electron chi connectivity index (χ1n) is 7.77. The second kappa shape index (κ2) is 8.75. The lowest BCUT2D eigenvalue weighted by atomic mass is 10.0. The molecular formula is C18H21NO5S. The van der Waals surface area contributed by atoms with Crippen molar-refractivity contribution in [3.63, 3.8) is 0 Å². The summed E-state index contributed by atoms with van der Waals surface area (Å²) < 4.78 is 26.9. The molecule has 0 saturated carbocycles. The molecule has 2 aromatic rings. The van der Waals surface area contributed by atoms with Gasteiger partial charge in [-0.2, -0.15) is 8.42 Å². The zero-order chi connectivity index (χ0) is 18.3. The van der Waals surface area contributed by atoms with Gasteiger partial charge in [-0.25, -0.2) is 0 Å². The third-order valence-corrected chi connectivity index (χ3v) is 4.13. The van der Waals surface area contributed by atoms with Crippen LogP contribution in [0.5, 0.6) is 0 Å². The number of hydrogen-bond acceptors (Lipinski definition) is 5. The highest BCUT2D eigenvalue weighted by Crippen LogP contribution is 2.09. The Morgan fingerprint density at radius 3 is 2.20 bits per heavy atom. The van der Waals surface area contributed by atoms with Gasteiger partial charge in [0.25, 0.3) is 16.0 Å². The first kappa shape index (κ1) is 19.1. The van der Waals surface area contributed by atoms with E-state index in [0.717, 1.165) is 11.8 Å². The summed E-state index contributed by atoms with van der Waals surface area (Å²) in [6.07, 6.45) is 0.0740. The zero-order valence-electron chi connectivity index (χ0n) is 13.8. The first-order chi connectivity index (χ1) is 11.8. The monoisotopic (exact) mass is 363 g/mol. The minimum Gasteiger partial charge on any atom is -0.389 e. The zero-order valence-corrected chi connectivity index (χ0v) is 14.6. The van der Waals surface area contributed by atoms with Crippen LogP contribution in [0.3, 0.4) is 0 Å². The average molecular weight is 363 g/mol. The quantitative estimate of drug-likeness (QED) is 0.691. The summed E-state index contributed by atoms with van der Waals surface area (Å²) in [5.41, 5.74) is 1.36. The number of carbonyl (C=O) groups excluding carboxylic acids is 1. The maximum absolute atomic E-state index is 12.4. The molecule has 0 aromatic heterocycles. The van der Waals surface area contributed by atoms with Gasteiger partial charge < -0.3 is 10.4 Å². The fourth-order valence-corrected chi connectivity index (χ4v) is 2.69. The molecule has 0 spiro atoms. The van der Waals surface area contributed by atoms with Crippen molar-refractivity contribution in [2.45, 2.75) is 18.6 Å². The van der Waals surface area contributed by atoms with E-state index in [2.05, 4.69) is 9.50 Å². The summed E-state index contributed by atoms with van der Waals surface area (Å²) >= 11 is 0. The lowest BCUT2D eigenvalue weighted by molar-refractivity contribution is 0.0657. The molecule has 0 unspecified atom stereocenters. The van der Waals surface area contributed by atoms with Gasteiger partial charge in [0.2, 0.25) is 0 Å². The van der Waals surface area contributed by atoms with Crippen LogP contribution in [-0.2, 0) is 20.7 Å². The number of hydrogen-bond donors (Lipinski definition) is 2.